The average molecular weight is 270 g/mol. The van der Waals surface area contributed by atoms with Gasteiger partial charge in [-0.05, 0) is 58.9 Å². The van der Waals surface area contributed by atoms with E-state index in [1.807, 2.05) is 25.7 Å². The van der Waals surface area contributed by atoms with Gasteiger partial charge in [-0.2, -0.15) is 0 Å². The van der Waals surface area contributed by atoms with Crippen LogP contribution in [0.4, 0.5) is 4.79 Å². The van der Waals surface area contributed by atoms with Crippen LogP contribution in [0.25, 0.3) is 0 Å². The van der Waals surface area contributed by atoms with E-state index in [1.54, 1.807) is 0 Å². The van der Waals surface area contributed by atoms with Gasteiger partial charge in [0.2, 0.25) is 0 Å². The number of hydrogen-bond donors (Lipinski definition) is 1. The number of ether oxygens (including phenoxy) is 1. The number of amides is 1. The molecule has 19 heavy (non-hydrogen) atoms. The molecule has 0 spiro atoms. The molecule has 1 unspecified atom stereocenters. The standard InChI is InChI=1S/C15H30N2O2/c1-15(2,3)19-14(18)17-11-7-9-13(12-17)8-5-4-6-10-16/h13H,4-12,16H2,1-3H3. The van der Waals surface area contributed by atoms with Crippen LogP contribution >= 0.6 is 0 Å². The number of carbonyl (C=O) groups excluding carboxylic acids is 1. The smallest absolute Gasteiger partial charge is 0.410 e. The predicted molar refractivity (Wildman–Crippen MR) is 78.1 cm³/mol. The summed E-state index contributed by atoms with van der Waals surface area (Å²) < 4.78 is 5.44. The lowest BCUT2D eigenvalue weighted by Crippen LogP contribution is -2.42. The number of hydrogen-bond acceptors (Lipinski definition) is 3. The van der Waals surface area contributed by atoms with Crippen molar-refractivity contribution in [1.82, 2.24) is 4.90 Å². The highest BCUT2D eigenvalue weighted by Crippen LogP contribution is 2.23. The van der Waals surface area contributed by atoms with Crippen molar-refractivity contribution in [2.45, 2.75) is 64.9 Å². The van der Waals surface area contributed by atoms with Crippen molar-refractivity contribution in [3.63, 3.8) is 0 Å². The Labute approximate surface area is 117 Å². The highest BCUT2D eigenvalue weighted by molar-refractivity contribution is 5.68. The van der Waals surface area contributed by atoms with E-state index in [-0.39, 0.29) is 6.09 Å². The summed E-state index contributed by atoms with van der Waals surface area (Å²) in [5, 5.41) is 0. The zero-order valence-electron chi connectivity index (χ0n) is 12.8. The van der Waals surface area contributed by atoms with Gasteiger partial charge >= 0.3 is 6.09 Å². The van der Waals surface area contributed by atoms with Crippen LogP contribution in [0.1, 0.15) is 59.3 Å². The second-order valence-electron chi connectivity index (χ2n) is 6.57. The third-order valence-corrected chi connectivity index (χ3v) is 3.49. The molecule has 1 fully saturated rings. The minimum atomic E-state index is -0.398. The molecule has 0 bridgehead atoms. The first-order valence-corrected chi connectivity index (χ1v) is 7.60. The number of nitrogens with two attached hydrogens (primary N) is 1. The molecule has 0 aromatic heterocycles. The fourth-order valence-corrected chi connectivity index (χ4v) is 2.55. The second-order valence-corrected chi connectivity index (χ2v) is 6.57. The van der Waals surface area contributed by atoms with E-state index >= 15 is 0 Å². The first-order chi connectivity index (χ1) is 8.92. The van der Waals surface area contributed by atoms with Crippen molar-refractivity contribution in [1.29, 1.82) is 0 Å². The Morgan fingerprint density at radius 2 is 2.05 bits per heavy atom. The monoisotopic (exact) mass is 270 g/mol. The van der Waals surface area contributed by atoms with Crippen LogP contribution < -0.4 is 5.73 Å². The third-order valence-electron chi connectivity index (χ3n) is 3.49. The fraction of sp³-hybridized carbons (Fsp3) is 0.933. The Balaban J connectivity index is 2.31. The Morgan fingerprint density at radius 3 is 2.68 bits per heavy atom. The van der Waals surface area contributed by atoms with Gasteiger partial charge in [0.15, 0.2) is 0 Å². The van der Waals surface area contributed by atoms with Gasteiger partial charge in [-0.25, -0.2) is 4.79 Å². The van der Waals surface area contributed by atoms with Gasteiger partial charge in [0, 0.05) is 13.1 Å². The lowest BCUT2D eigenvalue weighted by atomic mass is 9.92. The van der Waals surface area contributed by atoms with Gasteiger partial charge in [-0.3, -0.25) is 0 Å². The van der Waals surface area contributed by atoms with E-state index < -0.39 is 5.60 Å². The van der Waals surface area contributed by atoms with E-state index in [1.165, 1.54) is 25.7 Å². The molecule has 1 saturated heterocycles. The van der Waals surface area contributed by atoms with Crippen LogP contribution in [-0.4, -0.2) is 36.2 Å². The minimum absolute atomic E-state index is 0.154. The van der Waals surface area contributed by atoms with E-state index in [9.17, 15) is 4.79 Å². The average Bonchev–Trinajstić information content (AvgIpc) is 2.33. The topological polar surface area (TPSA) is 55.6 Å². The number of piperidine rings is 1. The van der Waals surface area contributed by atoms with E-state index in [4.69, 9.17) is 10.5 Å². The summed E-state index contributed by atoms with van der Waals surface area (Å²) in [4.78, 5) is 13.9. The summed E-state index contributed by atoms with van der Waals surface area (Å²) in [5.74, 6) is 0.638. The highest BCUT2D eigenvalue weighted by atomic mass is 16.6. The van der Waals surface area contributed by atoms with Gasteiger partial charge in [0.1, 0.15) is 5.60 Å². The lowest BCUT2D eigenvalue weighted by molar-refractivity contribution is 0.0160. The van der Waals surface area contributed by atoms with Crippen molar-refractivity contribution >= 4 is 6.09 Å². The molecule has 2 N–H and O–H groups in total. The Morgan fingerprint density at radius 1 is 1.32 bits per heavy atom. The minimum Gasteiger partial charge on any atom is -0.444 e. The van der Waals surface area contributed by atoms with Gasteiger partial charge in [0.05, 0.1) is 0 Å². The van der Waals surface area contributed by atoms with Crippen LogP contribution in [0.5, 0.6) is 0 Å². The van der Waals surface area contributed by atoms with Crippen LogP contribution in [0.2, 0.25) is 0 Å². The van der Waals surface area contributed by atoms with Crippen molar-refractivity contribution in [2.24, 2.45) is 11.7 Å². The maximum Gasteiger partial charge on any atom is 0.410 e. The molecule has 4 nitrogen and oxygen atoms in total. The van der Waals surface area contributed by atoms with Crippen LogP contribution in [0.15, 0.2) is 0 Å². The number of unbranched alkanes of at least 4 members (excludes halogenated alkanes) is 2. The second kappa shape index (κ2) is 7.73. The molecule has 1 aliphatic heterocycles. The lowest BCUT2D eigenvalue weighted by Gasteiger charge is -2.34. The number of rotatable bonds is 5. The Hall–Kier alpha value is -0.770. The zero-order chi connectivity index (χ0) is 14.3. The zero-order valence-corrected chi connectivity index (χ0v) is 12.8. The summed E-state index contributed by atoms with van der Waals surface area (Å²) in [6, 6.07) is 0. The number of carbonyl (C=O) groups is 1. The SMILES string of the molecule is CC(C)(C)OC(=O)N1CCCC(CCCCCN)C1. The summed E-state index contributed by atoms with van der Waals surface area (Å²) in [7, 11) is 0. The fourth-order valence-electron chi connectivity index (χ4n) is 2.55. The summed E-state index contributed by atoms with van der Waals surface area (Å²) >= 11 is 0. The molecule has 4 heteroatoms. The largest absolute Gasteiger partial charge is 0.444 e. The molecule has 1 rings (SSSR count). The predicted octanol–water partition coefficient (Wildman–Crippen LogP) is 3.15. The van der Waals surface area contributed by atoms with Crippen molar-refractivity contribution in [2.75, 3.05) is 19.6 Å². The van der Waals surface area contributed by atoms with Gasteiger partial charge in [-0.1, -0.05) is 12.8 Å². The van der Waals surface area contributed by atoms with E-state index in [0.29, 0.717) is 5.92 Å². The molecule has 0 aliphatic carbocycles. The molecular weight excluding hydrogens is 240 g/mol. The van der Waals surface area contributed by atoms with E-state index in [0.717, 1.165) is 32.5 Å². The maximum absolute atomic E-state index is 12.0. The maximum atomic E-state index is 12.0. The van der Waals surface area contributed by atoms with Gasteiger partial charge in [-0.15, -0.1) is 0 Å². The first-order valence-electron chi connectivity index (χ1n) is 7.60. The normalized spacial score (nSPS) is 20.4. The van der Waals surface area contributed by atoms with Crippen molar-refractivity contribution in [3.8, 4) is 0 Å². The molecule has 1 aliphatic rings. The van der Waals surface area contributed by atoms with Gasteiger partial charge in [0.25, 0.3) is 0 Å². The quantitative estimate of drug-likeness (QED) is 0.781. The summed E-state index contributed by atoms with van der Waals surface area (Å²) in [5.41, 5.74) is 5.10. The van der Waals surface area contributed by atoms with Crippen LogP contribution in [0, 0.1) is 5.92 Å². The molecule has 1 atom stereocenters. The Kier molecular flexibility index (Phi) is 6.63. The molecule has 0 radical (unpaired) electrons. The Bertz CT molecular complexity index is 274. The molecule has 0 aromatic carbocycles. The number of likely N-dealkylation sites (tertiary alicyclic amines) is 1. The van der Waals surface area contributed by atoms with Crippen molar-refractivity contribution in [3.05, 3.63) is 0 Å². The number of nitrogens with zero attached hydrogens (tertiary/aromatic N) is 1. The molecular formula is C15H30N2O2. The first kappa shape index (κ1) is 16.3. The molecule has 0 saturated carbocycles. The summed E-state index contributed by atoms with van der Waals surface area (Å²) in [6.07, 6.45) is 6.94. The highest BCUT2D eigenvalue weighted by Gasteiger charge is 2.27. The van der Waals surface area contributed by atoms with Crippen LogP contribution in [-0.2, 0) is 4.74 Å². The third kappa shape index (κ3) is 6.81. The molecule has 1 heterocycles. The van der Waals surface area contributed by atoms with Crippen molar-refractivity contribution < 1.29 is 9.53 Å². The summed E-state index contributed by atoms with van der Waals surface area (Å²) in [6.45, 7) is 8.23. The molecule has 1 amide bonds. The molecule has 0 aromatic rings. The van der Waals surface area contributed by atoms with Gasteiger partial charge < -0.3 is 15.4 Å². The molecule has 112 valence electrons. The van der Waals surface area contributed by atoms with Crippen LogP contribution in [0.3, 0.4) is 0 Å². The van der Waals surface area contributed by atoms with E-state index in [2.05, 4.69) is 0 Å².